The molecule has 0 atom stereocenters. The van der Waals surface area contributed by atoms with Crippen LogP contribution in [0.1, 0.15) is 18.9 Å². The van der Waals surface area contributed by atoms with E-state index in [4.69, 9.17) is 11.6 Å². The minimum atomic E-state index is 0.216. The Hall–Kier alpha value is -1.32. The summed E-state index contributed by atoms with van der Waals surface area (Å²) in [5.41, 5.74) is 1.35. The van der Waals surface area contributed by atoms with Crippen LogP contribution in [0.15, 0.2) is 24.4 Å². The summed E-state index contributed by atoms with van der Waals surface area (Å²) >= 11 is 6.17. The van der Waals surface area contributed by atoms with E-state index in [0.29, 0.717) is 17.1 Å². The molecule has 2 aromatic rings. The average molecular weight is 251 g/mol. The monoisotopic (exact) mass is 250 g/mol. The summed E-state index contributed by atoms with van der Waals surface area (Å²) in [6.45, 7) is 3.62. The van der Waals surface area contributed by atoms with E-state index in [1.54, 1.807) is 12.3 Å². The first-order chi connectivity index (χ1) is 8.24. The van der Waals surface area contributed by atoms with Crippen LogP contribution >= 0.6 is 11.6 Å². The van der Waals surface area contributed by atoms with E-state index in [0.717, 1.165) is 23.9 Å². The Morgan fingerprint density at radius 1 is 1.47 bits per heavy atom. The Morgan fingerprint density at radius 2 is 2.29 bits per heavy atom. The van der Waals surface area contributed by atoms with Crippen LogP contribution in [-0.4, -0.2) is 16.6 Å². The number of halogens is 1. The van der Waals surface area contributed by atoms with E-state index in [-0.39, 0.29) is 5.75 Å². The van der Waals surface area contributed by atoms with Crippen LogP contribution in [-0.2, 0) is 6.54 Å². The van der Waals surface area contributed by atoms with E-state index >= 15 is 0 Å². The van der Waals surface area contributed by atoms with Crippen LogP contribution in [0.5, 0.6) is 5.75 Å². The molecule has 90 valence electrons. The molecule has 0 aliphatic rings. The third-order valence-electron chi connectivity index (χ3n) is 2.64. The van der Waals surface area contributed by atoms with Crippen LogP contribution < -0.4 is 5.32 Å². The lowest BCUT2D eigenvalue weighted by atomic mass is 10.1. The van der Waals surface area contributed by atoms with Crippen molar-refractivity contribution in [1.29, 1.82) is 0 Å². The number of nitrogens with zero attached hydrogens (tertiary/aromatic N) is 1. The van der Waals surface area contributed by atoms with Gasteiger partial charge in [0.05, 0.1) is 5.02 Å². The van der Waals surface area contributed by atoms with Gasteiger partial charge in [0.1, 0.15) is 11.3 Å². The summed E-state index contributed by atoms with van der Waals surface area (Å²) < 4.78 is 0. The van der Waals surface area contributed by atoms with E-state index in [2.05, 4.69) is 17.2 Å². The van der Waals surface area contributed by atoms with Crippen molar-refractivity contribution >= 4 is 22.5 Å². The highest BCUT2D eigenvalue weighted by atomic mass is 35.5. The number of pyridine rings is 1. The van der Waals surface area contributed by atoms with E-state index < -0.39 is 0 Å². The molecule has 0 spiro atoms. The maximum atomic E-state index is 10.1. The maximum Gasteiger partial charge on any atom is 0.146 e. The standard InChI is InChI=1S/C13H15ClN2O/c1-2-5-15-8-9-7-11(14)10-4-3-6-16-12(10)13(9)17/h3-4,6-7,15,17H,2,5,8H2,1H3. The summed E-state index contributed by atoms with van der Waals surface area (Å²) in [4.78, 5) is 4.17. The Morgan fingerprint density at radius 3 is 3.06 bits per heavy atom. The maximum absolute atomic E-state index is 10.1. The lowest BCUT2D eigenvalue weighted by Crippen LogP contribution is -2.14. The van der Waals surface area contributed by atoms with Crippen LogP contribution in [0.4, 0.5) is 0 Å². The number of hydrogen-bond acceptors (Lipinski definition) is 3. The number of nitrogens with one attached hydrogen (secondary N) is 1. The number of phenolic OH excluding ortho intramolecular Hbond substituents is 1. The fraction of sp³-hybridized carbons (Fsp3) is 0.308. The highest BCUT2D eigenvalue weighted by Crippen LogP contribution is 2.32. The number of phenols is 1. The van der Waals surface area contributed by atoms with Crippen LogP contribution in [0.3, 0.4) is 0 Å². The zero-order valence-electron chi connectivity index (χ0n) is 9.70. The van der Waals surface area contributed by atoms with Gasteiger partial charge in [0.25, 0.3) is 0 Å². The van der Waals surface area contributed by atoms with Crippen LogP contribution in [0, 0.1) is 0 Å². The number of aromatic nitrogens is 1. The zero-order valence-corrected chi connectivity index (χ0v) is 10.5. The Kier molecular flexibility index (Phi) is 3.82. The normalized spacial score (nSPS) is 10.9. The Labute approximate surface area is 105 Å². The van der Waals surface area contributed by atoms with Gasteiger partial charge < -0.3 is 10.4 Å². The molecule has 0 saturated carbocycles. The molecule has 1 heterocycles. The molecule has 0 aliphatic carbocycles. The van der Waals surface area contributed by atoms with Crippen molar-refractivity contribution in [3.63, 3.8) is 0 Å². The molecular weight excluding hydrogens is 236 g/mol. The topological polar surface area (TPSA) is 45.2 Å². The van der Waals surface area contributed by atoms with Crippen molar-refractivity contribution in [2.75, 3.05) is 6.54 Å². The molecule has 0 bridgehead atoms. The third-order valence-corrected chi connectivity index (χ3v) is 2.95. The Balaban J connectivity index is 2.40. The first kappa shape index (κ1) is 12.1. The van der Waals surface area contributed by atoms with Crippen molar-refractivity contribution in [3.05, 3.63) is 35.0 Å². The summed E-state index contributed by atoms with van der Waals surface area (Å²) in [7, 11) is 0. The summed E-state index contributed by atoms with van der Waals surface area (Å²) in [5, 5.41) is 14.8. The van der Waals surface area contributed by atoms with Gasteiger partial charge in [0.2, 0.25) is 0 Å². The highest BCUT2D eigenvalue weighted by Gasteiger charge is 2.10. The average Bonchev–Trinajstić information content (AvgIpc) is 2.36. The van der Waals surface area contributed by atoms with Gasteiger partial charge in [-0.3, -0.25) is 4.98 Å². The summed E-state index contributed by atoms with van der Waals surface area (Å²) in [6.07, 6.45) is 2.71. The van der Waals surface area contributed by atoms with Crippen LogP contribution in [0.25, 0.3) is 10.9 Å². The second-order valence-corrected chi connectivity index (χ2v) is 4.35. The van der Waals surface area contributed by atoms with Gasteiger partial charge in [-0.05, 0) is 31.2 Å². The minimum absolute atomic E-state index is 0.216. The Bertz CT molecular complexity index is 528. The zero-order chi connectivity index (χ0) is 12.3. The summed E-state index contributed by atoms with van der Waals surface area (Å²) in [5.74, 6) is 0.216. The molecule has 3 nitrogen and oxygen atoms in total. The molecule has 1 aromatic carbocycles. The van der Waals surface area contributed by atoms with E-state index in [1.165, 1.54) is 0 Å². The van der Waals surface area contributed by atoms with Gasteiger partial charge in [0.15, 0.2) is 0 Å². The van der Waals surface area contributed by atoms with Crippen molar-refractivity contribution in [2.45, 2.75) is 19.9 Å². The molecule has 0 unspecified atom stereocenters. The molecule has 1 aromatic heterocycles. The van der Waals surface area contributed by atoms with E-state index in [9.17, 15) is 5.11 Å². The second-order valence-electron chi connectivity index (χ2n) is 3.94. The fourth-order valence-corrected chi connectivity index (χ4v) is 2.06. The molecule has 0 radical (unpaired) electrons. The molecule has 4 heteroatoms. The van der Waals surface area contributed by atoms with Gasteiger partial charge in [-0.15, -0.1) is 0 Å². The lowest BCUT2D eigenvalue weighted by Gasteiger charge is -2.09. The van der Waals surface area contributed by atoms with Gasteiger partial charge in [-0.2, -0.15) is 0 Å². The minimum Gasteiger partial charge on any atom is -0.505 e. The largest absolute Gasteiger partial charge is 0.505 e. The van der Waals surface area contributed by atoms with E-state index in [1.807, 2.05) is 12.1 Å². The van der Waals surface area contributed by atoms with Crippen molar-refractivity contribution < 1.29 is 5.11 Å². The molecule has 0 amide bonds. The quantitative estimate of drug-likeness (QED) is 0.820. The smallest absolute Gasteiger partial charge is 0.146 e. The number of benzene rings is 1. The lowest BCUT2D eigenvalue weighted by molar-refractivity contribution is 0.469. The second kappa shape index (κ2) is 5.34. The third kappa shape index (κ3) is 2.51. The van der Waals surface area contributed by atoms with Gasteiger partial charge in [-0.1, -0.05) is 18.5 Å². The molecule has 2 N–H and O–H groups in total. The number of rotatable bonds is 4. The van der Waals surface area contributed by atoms with Gasteiger partial charge in [-0.25, -0.2) is 0 Å². The number of aromatic hydroxyl groups is 1. The predicted molar refractivity (Wildman–Crippen MR) is 70.4 cm³/mol. The molecule has 0 fully saturated rings. The molecule has 2 rings (SSSR count). The van der Waals surface area contributed by atoms with Crippen molar-refractivity contribution in [3.8, 4) is 5.75 Å². The fourth-order valence-electron chi connectivity index (χ4n) is 1.77. The number of hydrogen-bond donors (Lipinski definition) is 2. The molecule has 0 saturated heterocycles. The first-order valence-electron chi connectivity index (χ1n) is 5.69. The predicted octanol–water partition coefficient (Wildman–Crippen LogP) is 3.09. The number of fused-ring (bicyclic) bond motifs is 1. The SMILES string of the molecule is CCCNCc1cc(Cl)c2cccnc2c1O. The van der Waals surface area contributed by atoms with Gasteiger partial charge in [0, 0.05) is 23.7 Å². The molecule has 17 heavy (non-hydrogen) atoms. The van der Waals surface area contributed by atoms with Gasteiger partial charge >= 0.3 is 0 Å². The first-order valence-corrected chi connectivity index (χ1v) is 6.07. The van der Waals surface area contributed by atoms with Crippen LogP contribution in [0.2, 0.25) is 5.02 Å². The van der Waals surface area contributed by atoms with Crippen molar-refractivity contribution in [1.82, 2.24) is 10.3 Å². The highest BCUT2D eigenvalue weighted by molar-refractivity contribution is 6.35. The summed E-state index contributed by atoms with van der Waals surface area (Å²) in [6, 6.07) is 5.46. The molecular formula is C13H15ClN2O. The molecule has 0 aliphatic heterocycles. The van der Waals surface area contributed by atoms with Crippen molar-refractivity contribution in [2.24, 2.45) is 0 Å².